The Kier molecular flexibility index (Phi) is 10.8. The summed E-state index contributed by atoms with van der Waals surface area (Å²) in [7, 11) is 1.62. The van der Waals surface area contributed by atoms with Gasteiger partial charge in [0.25, 0.3) is 5.91 Å². The molecule has 1 aliphatic heterocycles. The maximum Gasteiger partial charge on any atom is 0.490 e. The Labute approximate surface area is 236 Å². The summed E-state index contributed by atoms with van der Waals surface area (Å²) in [5.41, 5.74) is 1.04. The van der Waals surface area contributed by atoms with E-state index < -0.39 is 23.9 Å². The summed E-state index contributed by atoms with van der Waals surface area (Å²) in [4.78, 5) is 25.4. The van der Waals surface area contributed by atoms with E-state index in [1.807, 2.05) is 36.4 Å². The van der Waals surface area contributed by atoms with Crippen molar-refractivity contribution in [3.8, 4) is 16.2 Å². The molecule has 6 nitrogen and oxygen atoms in total. The van der Waals surface area contributed by atoms with Gasteiger partial charge in [0, 0.05) is 24.5 Å². The van der Waals surface area contributed by atoms with Crippen molar-refractivity contribution in [2.45, 2.75) is 31.7 Å². The Morgan fingerprint density at radius 3 is 2.41 bits per heavy atom. The molecule has 0 radical (unpaired) electrons. The molecule has 2 heterocycles. The number of piperidine rings is 1. The Bertz CT molecular complexity index is 1330. The second-order valence-electron chi connectivity index (χ2n) is 9.35. The molecule has 222 valence electrons. The van der Waals surface area contributed by atoms with Crippen LogP contribution in [0, 0.1) is 5.92 Å². The van der Waals surface area contributed by atoms with Crippen molar-refractivity contribution in [1.82, 2.24) is 10.2 Å². The third kappa shape index (κ3) is 9.78. The van der Waals surface area contributed by atoms with Crippen LogP contribution in [0.15, 0.2) is 60.7 Å². The molecule has 41 heavy (non-hydrogen) atoms. The Balaban J connectivity index is 0.000000587. The van der Waals surface area contributed by atoms with E-state index in [0.717, 1.165) is 48.2 Å². The lowest BCUT2D eigenvalue weighted by molar-refractivity contribution is -0.192. The number of carbonyl (C=O) groups is 2. The first-order valence-corrected chi connectivity index (χ1v) is 13.3. The number of nitrogens with one attached hydrogen (secondary N) is 1. The van der Waals surface area contributed by atoms with Crippen molar-refractivity contribution in [2.24, 2.45) is 5.92 Å². The number of rotatable bonds is 7. The summed E-state index contributed by atoms with van der Waals surface area (Å²) < 4.78 is 76.0. The average molecular weight is 603 g/mol. The molecule has 0 bridgehead atoms. The van der Waals surface area contributed by atoms with E-state index in [1.165, 1.54) is 23.5 Å². The van der Waals surface area contributed by atoms with Crippen LogP contribution in [0.3, 0.4) is 0 Å². The molecule has 1 saturated heterocycles. The molecule has 1 aromatic heterocycles. The van der Waals surface area contributed by atoms with Gasteiger partial charge in [0.05, 0.1) is 17.6 Å². The molecule has 1 amide bonds. The molecule has 4 rings (SSSR count). The third-order valence-corrected chi connectivity index (χ3v) is 7.37. The molecular weight excluding hydrogens is 574 g/mol. The van der Waals surface area contributed by atoms with Gasteiger partial charge in [-0.15, -0.1) is 11.3 Å². The normalized spacial score (nSPS) is 15.9. The number of ether oxygens (including phenoxy) is 1. The lowest BCUT2D eigenvalue weighted by Gasteiger charge is -2.33. The molecule has 13 heteroatoms. The van der Waals surface area contributed by atoms with E-state index >= 15 is 0 Å². The fraction of sp³-hybridized carbons (Fsp3) is 0.357. The van der Waals surface area contributed by atoms with Crippen molar-refractivity contribution in [2.75, 3.05) is 26.7 Å². The van der Waals surface area contributed by atoms with Crippen molar-refractivity contribution in [3.63, 3.8) is 0 Å². The summed E-state index contributed by atoms with van der Waals surface area (Å²) in [6.45, 7) is 2.61. The zero-order valence-electron chi connectivity index (χ0n) is 21.9. The fourth-order valence-corrected chi connectivity index (χ4v) is 5.20. The number of hydrogen-bond donors (Lipinski definition) is 2. The molecule has 1 aliphatic rings. The van der Waals surface area contributed by atoms with Crippen LogP contribution in [0.5, 0.6) is 5.75 Å². The highest BCUT2D eigenvalue weighted by molar-refractivity contribution is 7.17. The fourth-order valence-electron chi connectivity index (χ4n) is 4.28. The van der Waals surface area contributed by atoms with Crippen LogP contribution in [-0.4, -0.2) is 54.8 Å². The molecule has 0 aliphatic carbocycles. The van der Waals surface area contributed by atoms with E-state index in [9.17, 15) is 31.1 Å². The van der Waals surface area contributed by atoms with E-state index in [0.29, 0.717) is 23.5 Å². The number of amides is 1. The number of carboxylic acids is 1. The first kappa shape index (κ1) is 31.9. The Morgan fingerprint density at radius 1 is 1.05 bits per heavy atom. The Hall–Kier alpha value is -3.58. The molecule has 3 aromatic rings. The minimum absolute atomic E-state index is 0.103. The van der Waals surface area contributed by atoms with Crippen LogP contribution in [-0.2, 0) is 17.5 Å². The van der Waals surface area contributed by atoms with Gasteiger partial charge in [-0.25, -0.2) is 4.79 Å². The quantitative estimate of drug-likeness (QED) is 0.294. The first-order chi connectivity index (χ1) is 19.3. The van der Waals surface area contributed by atoms with Gasteiger partial charge >= 0.3 is 18.3 Å². The first-order valence-electron chi connectivity index (χ1n) is 12.5. The Morgan fingerprint density at radius 2 is 1.76 bits per heavy atom. The van der Waals surface area contributed by atoms with Crippen molar-refractivity contribution >= 4 is 23.2 Å². The predicted molar refractivity (Wildman–Crippen MR) is 142 cm³/mol. The lowest BCUT2D eigenvalue weighted by atomic mass is 9.97. The zero-order chi connectivity index (χ0) is 30.2. The van der Waals surface area contributed by atoms with Crippen LogP contribution in [0.25, 0.3) is 10.4 Å². The number of alkyl halides is 6. The second kappa shape index (κ2) is 13.9. The van der Waals surface area contributed by atoms with Gasteiger partial charge in [-0.3, -0.25) is 9.69 Å². The largest absolute Gasteiger partial charge is 0.497 e. The summed E-state index contributed by atoms with van der Waals surface area (Å²) in [5.74, 6) is -1.83. The smallest absolute Gasteiger partial charge is 0.490 e. The number of likely N-dealkylation sites (tertiary alicyclic amines) is 1. The van der Waals surface area contributed by atoms with E-state index in [2.05, 4.69) is 10.2 Å². The van der Waals surface area contributed by atoms with Gasteiger partial charge in [0.1, 0.15) is 5.75 Å². The van der Waals surface area contributed by atoms with Crippen molar-refractivity contribution in [3.05, 3.63) is 76.7 Å². The number of thiophene rings is 1. The van der Waals surface area contributed by atoms with Crippen LogP contribution in [0.1, 0.15) is 33.6 Å². The maximum absolute atomic E-state index is 13.0. The average Bonchev–Trinajstić information content (AvgIpc) is 3.42. The highest BCUT2D eigenvalue weighted by Gasteiger charge is 2.38. The number of hydrogen-bond acceptors (Lipinski definition) is 5. The van der Waals surface area contributed by atoms with Gasteiger partial charge in [-0.05, 0) is 66.8 Å². The van der Waals surface area contributed by atoms with Gasteiger partial charge in [-0.2, -0.15) is 26.3 Å². The number of carbonyl (C=O) groups excluding carboxylic acids is 1. The SMILES string of the molecule is COc1cccc(-c2ccc(C(=O)NCC3CCCN(Cc4cccc(C(F)(F)F)c4)C3)s2)c1.O=C(O)C(F)(F)F. The van der Waals surface area contributed by atoms with Gasteiger partial charge in [0.2, 0.25) is 0 Å². The summed E-state index contributed by atoms with van der Waals surface area (Å²) in [5, 5.41) is 10.2. The summed E-state index contributed by atoms with van der Waals surface area (Å²) >= 11 is 1.44. The topological polar surface area (TPSA) is 78.9 Å². The van der Waals surface area contributed by atoms with Crippen LogP contribution < -0.4 is 10.1 Å². The van der Waals surface area contributed by atoms with Gasteiger partial charge in [-0.1, -0.05) is 30.3 Å². The zero-order valence-corrected chi connectivity index (χ0v) is 22.7. The lowest BCUT2D eigenvalue weighted by Crippen LogP contribution is -2.40. The molecule has 1 atom stereocenters. The highest BCUT2D eigenvalue weighted by Crippen LogP contribution is 2.31. The van der Waals surface area contributed by atoms with Crippen molar-refractivity contribution < 1.29 is 45.8 Å². The minimum Gasteiger partial charge on any atom is -0.497 e. The van der Waals surface area contributed by atoms with E-state index in [-0.39, 0.29) is 11.8 Å². The monoisotopic (exact) mass is 602 g/mol. The molecule has 0 saturated carbocycles. The van der Waals surface area contributed by atoms with Crippen LogP contribution in [0.4, 0.5) is 26.3 Å². The summed E-state index contributed by atoms with van der Waals surface area (Å²) in [6, 6.07) is 17.0. The van der Waals surface area contributed by atoms with Crippen LogP contribution in [0.2, 0.25) is 0 Å². The molecule has 1 unspecified atom stereocenters. The standard InChI is InChI=1S/C26H27F3N2O2S.C2HF3O2/c1-33-22-9-3-7-20(14-22)23-10-11-24(34-23)25(32)30-15-19-6-4-12-31(17-19)16-18-5-2-8-21(13-18)26(27,28)29;3-2(4,5)1(6)7/h2-3,5,7-11,13-14,19H,4,6,12,15-17H2,1H3,(H,30,32);(H,6,7). The predicted octanol–water partition coefficient (Wildman–Crippen LogP) is 6.72. The molecule has 2 aromatic carbocycles. The van der Waals surface area contributed by atoms with Gasteiger partial charge in [0.15, 0.2) is 0 Å². The number of nitrogens with zero attached hydrogens (tertiary/aromatic N) is 1. The molecule has 1 fully saturated rings. The number of carboxylic acid groups (broad SMARTS) is 1. The molecule has 0 spiro atoms. The number of methoxy groups -OCH3 is 1. The number of halogens is 6. The van der Waals surface area contributed by atoms with E-state index in [4.69, 9.17) is 14.6 Å². The maximum atomic E-state index is 13.0. The number of benzene rings is 2. The van der Waals surface area contributed by atoms with Crippen molar-refractivity contribution in [1.29, 1.82) is 0 Å². The minimum atomic E-state index is -5.08. The second-order valence-corrected chi connectivity index (χ2v) is 10.4. The third-order valence-electron chi connectivity index (χ3n) is 6.24. The van der Waals surface area contributed by atoms with Crippen LogP contribution >= 0.6 is 11.3 Å². The van der Waals surface area contributed by atoms with E-state index in [1.54, 1.807) is 13.2 Å². The number of aliphatic carboxylic acids is 1. The molecule has 2 N–H and O–H groups in total. The van der Waals surface area contributed by atoms with Gasteiger partial charge < -0.3 is 15.2 Å². The summed E-state index contributed by atoms with van der Waals surface area (Å²) in [6.07, 6.45) is -7.48. The highest BCUT2D eigenvalue weighted by atomic mass is 32.1. The molecular formula is C28H28F6N2O4S.